The van der Waals surface area contributed by atoms with Crippen molar-refractivity contribution < 1.29 is 28.0 Å². The molecule has 1 aromatic heterocycles. The smallest absolute Gasteiger partial charge is 0.487 e. The van der Waals surface area contributed by atoms with Crippen molar-refractivity contribution in [2.45, 2.75) is 12.8 Å². The maximum Gasteiger partial charge on any atom is 0.490 e. The van der Waals surface area contributed by atoms with Crippen molar-refractivity contribution in [3.8, 4) is 5.75 Å². The van der Waals surface area contributed by atoms with Crippen molar-refractivity contribution in [1.82, 2.24) is 4.98 Å². The standard InChI is InChI=1S/C13H11BF3NO3/c15-13(16,17)10-3-1-2-9(4-10)8-21-12-5-11(14(19)20)6-18-7-12/h1-7,19-20H,8H2. The minimum Gasteiger partial charge on any atom is -0.487 e. The van der Waals surface area contributed by atoms with Gasteiger partial charge in [-0.2, -0.15) is 13.2 Å². The monoisotopic (exact) mass is 297 g/mol. The molecule has 2 rings (SSSR count). The Labute approximate surface area is 119 Å². The third-order valence-corrected chi connectivity index (χ3v) is 2.69. The van der Waals surface area contributed by atoms with Gasteiger partial charge in [-0.25, -0.2) is 0 Å². The summed E-state index contributed by atoms with van der Waals surface area (Å²) in [5.41, 5.74) is -0.266. The molecule has 4 nitrogen and oxygen atoms in total. The van der Waals surface area contributed by atoms with Crippen molar-refractivity contribution in [2.75, 3.05) is 0 Å². The lowest BCUT2D eigenvalue weighted by Gasteiger charge is -2.10. The Balaban J connectivity index is 2.08. The molecule has 1 aromatic carbocycles. The van der Waals surface area contributed by atoms with Gasteiger partial charge in [0.15, 0.2) is 0 Å². The first-order valence-electron chi connectivity index (χ1n) is 5.96. The van der Waals surface area contributed by atoms with Gasteiger partial charge in [0.05, 0.1) is 11.8 Å². The summed E-state index contributed by atoms with van der Waals surface area (Å²) >= 11 is 0. The average molecular weight is 297 g/mol. The van der Waals surface area contributed by atoms with Gasteiger partial charge in [-0.05, 0) is 23.8 Å². The second kappa shape index (κ2) is 6.15. The van der Waals surface area contributed by atoms with E-state index in [1.54, 1.807) is 0 Å². The Morgan fingerprint density at radius 2 is 1.90 bits per heavy atom. The summed E-state index contributed by atoms with van der Waals surface area (Å²) < 4.78 is 43.0. The summed E-state index contributed by atoms with van der Waals surface area (Å²) in [5, 5.41) is 18.0. The minimum atomic E-state index is -4.40. The normalized spacial score (nSPS) is 11.3. The Morgan fingerprint density at radius 3 is 2.57 bits per heavy atom. The number of alkyl halides is 3. The first kappa shape index (κ1) is 15.3. The van der Waals surface area contributed by atoms with E-state index >= 15 is 0 Å². The lowest BCUT2D eigenvalue weighted by molar-refractivity contribution is -0.137. The molecule has 1 heterocycles. The highest BCUT2D eigenvalue weighted by Crippen LogP contribution is 2.29. The Morgan fingerprint density at radius 1 is 1.14 bits per heavy atom. The lowest BCUT2D eigenvalue weighted by Crippen LogP contribution is -2.30. The van der Waals surface area contributed by atoms with E-state index in [4.69, 9.17) is 14.8 Å². The first-order valence-corrected chi connectivity index (χ1v) is 5.96. The number of nitrogens with zero attached hydrogens (tertiary/aromatic N) is 1. The molecule has 0 saturated carbocycles. The van der Waals surface area contributed by atoms with Crippen LogP contribution in [0.25, 0.3) is 0 Å². The van der Waals surface area contributed by atoms with Crippen LogP contribution in [-0.2, 0) is 12.8 Å². The van der Waals surface area contributed by atoms with Gasteiger partial charge in [0.1, 0.15) is 12.4 Å². The highest BCUT2D eigenvalue weighted by atomic mass is 19.4. The molecule has 0 bridgehead atoms. The molecule has 0 atom stereocenters. The van der Waals surface area contributed by atoms with Crippen LogP contribution in [0.15, 0.2) is 42.7 Å². The molecule has 0 radical (unpaired) electrons. The Hall–Kier alpha value is -2.06. The SMILES string of the molecule is OB(O)c1cncc(OCc2cccc(C(F)(F)F)c2)c1. The number of benzene rings is 1. The lowest BCUT2D eigenvalue weighted by atomic mass is 9.82. The van der Waals surface area contributed by atoms with E-state index in [1.165, 1.54) is 30.6 Å². The fraction of sp³-hybridized carbons (Fsp3) is 0.154. The van der Waals surface area contributed by atoms with Crippen molar-refractivity contribution in [3.63, 3.8) is 0 Å². The molecule has 110 valence electrons. The number of ether oxygens (including phenoxy) is 1. The van der Waals surface area contributed by atoms with Gasteiger partial charge in [0, 0.05) is 11.7 Å². The van der Waals surface area contributed by atoms with Crippen molar-refractivity contribution in [1.29, 1.82) is 0 Å². The molecule has 2 aromatic rings. The molecule has 0 aliphatic rings. The number of halogens is 3. The predicted molar refractivity (Wildman–Crippen MR) is 69.8 cm³/mol. The minimum absolute atomic E-state index is 0.0867. The average Bonchev–Trinajstić information content (AvgIpc) is 2.45. The first-order chi connectivity index (χ1) is 9.86. The fourth-order valence-corrected chi connectivity index (χ4v) is 1.66. The molecular weight excluding hydrogens is 286 g/mol. The third-order valence-electron chi connectivity index (χ3n) is 2.69. The number of hydrogen-bond acceptors (Lipinski definition) is 4. The van der Waals surface area contributed by atoms with Gasteiger partial charge in [-0.3, -0.25) is 4.98 Å². The zero-order valence-corrected chi connectivity index (χ0v) is 10.7. The van der Waals surface area contributed by atoms with Crippen LogP contribution in [0.1, 0.15) is 11.1 Å². The van der Waals surface area contributed by atoms with Crippen LogP contribution < -0.4 is 10.2 Å². The van der Waals surface area contributed by atoms with E-state index in [0.29, 0.717) is 5.56 Å². The number of hydrogen-bond donors (Lipinski definition) is 2. The molecule has 0 saturated heterocycles. The van der Waals surface area contributed by atoms with Gasteiger partial charge in [-0.1, -0.05) is 12.1 Å². The van der Waals surface area contributed by atoms with Crippen LogP contribution in [0.3, 0.4) is 0 Å². The zero-order valence-electron chi connectivity index (χ0n) is 10.7. The molecule has 0 fully saturated rings. The molecule has 0 amide bonds. The second-order valence-electron chi connectivity index (χ2n) is 4.31. The predicted octanol–water partition coefficient (Wildman–Crippen LogP) is 1.36. The third kappa shape index (κ3) is 4.20. The molecule has 2 N–H and O–H groups in total. The van der Waals surface area contributed by atoms with Crippen molar-refractivity contribution in [3.05, 3.63) is 53.9 Å². The van der Waals surface area contributed by atoms with E-state index in [-0.39, 0.29) is 17.8 Å². The molecule has 8 heteroatoms. The molecule has 0 unspecified atom stereocenters. The topological polar surface area (TPSA) is 62.6 Å². The summed E-state index contributed by atoms with van der Waals surface area (Å²) in [6.45, 7) is -0.0867. The summed E-state index contributed by atoms with van der Waals surface area (Å²) in [6, 6.07) is 6.14. The highest BCUT2D eigenvalue weighted by Gasteiger charge is 2.30. The largest absolute Gasteiger partial charge is 0.490 e. The summed E-state index contributed by atoms with van der Waals surface area (Å²) in [6.07, 6.45) is -1.82. The van der Waals surface area contributed by atoms with Gasteiger partial charge >= 0.3 is 13.3 Å². The van der Waals surface area contributed by atoms with Crippen LogP contribution in [0, 0.1) is 0 Å². The van der Waals surface area contributed by atoms with Crippen molar-refractivity contribution >= 4 is 12.6 Å². The van der Waals surface area contributed by atoms with Gasteiger partial charge in [0.2, 0.25) is 0 Å². The van der Waals surface area contributed by atoms with E-state index in [2.05, 4.69) is 4.98 Å². The summed E-state index contributed by atoms with van der Waals surface area (Å²) in [5.74, 6) is 0.234. The zero-order chi connectivity index (χ0) is 15.5. The molecule has 0 spiro atoms. The fourth-order valence-electron chi connectivity index (χ4n) is 1.66. The van der Waals surface area contributed by atoms with E-state index in [1.807, 2.05) is 0 Å². The number of aromatic nitrogens is 1. The van der Waals surface area contributed by atoms with Crippen LogP contribution in [0.4, 0.5) is 13.2 Å². The highest BCUT2D eigenvalue weighted by molar-refractivity contribution is 6.58. The number of rotatable bonds is 4. The summed E-state index contributed by atoms with van der Waals surface area (Å²) in [4.78, 5) is 3.75. The molecule has 0 aliphatic carbocycles. The Kier molecular flexibility index (Phi) is 4.49. The molecular formula is C13H11BF3NO3. The second-order valence-corrected chi connectivity index (χ2v) is 4.31. The maximum atomic E-state index is 12.6. The molecule has 0 aliphatic heterocycles. The molecule has 21 heavy (non-hydrogen) atoms. The van der Waals surface area contributed by atoms with Crippen LogP contribution in [-0.4, -0.2) is 22.2 Å². The van der Waals surface area contributed by atoms with Crippen LogP contribution >= 0.6 is 0 Å². The maximum absolute atomic E-state index is 12.6. The van der Waals surface area contributed by atoms with Crippen LogP contribution in [0.5, 0.6) is 5.75 Å². The van der Waals surface area contributed by atoms with E-state index in [9.17, 15) is 13.2 Å². The van der Waals surface area contributed by atoms with E-state index in [0.717, 1.165) is 12.1 Å². The number of pyridine rings is 1. The summed E-state index contributed by atoms with van der Waals surface area (Å²) in [7, 11) is -1.69. The van der Waals surface area contributed by atoms with Crippen molar-refractivity contribution in [2.24, 2.45) is 0 Å². The Bertz CT molecular complexity index is 620. The van der Waals surface area contributed by atoms with Gasteiger partial charge < -0.3 is 14.8 Å². The van der Waals surface area contributed by atoms with Gasteiger partial charge in [0.25, 0.3) is 0 Å². The van der Waals surface area contributed by atoms with E-state index < -0.39 is 18.9 Å². The quantitative estimate of drug-likeness (QED) is 0.837. The van der Waals surface area contributed by atoms with Crippen LogP contribution in [0.2, 0.25) is 0 Å². The van der Waals surface area contributed by atoms with Gasteiger partial charge in [-0.15, -0.1) is 0 Å².